The van der Waals surface area contributed by atoms with E-state index in [1.54, 1.807) is 49.6 Å². The van der Waals surface area contributed by atoms with Crippen molar-refractivity contribution in [1.29, 1.82) is 0 Å². The lowest BCUT2D eigenvalue weighted by Crippen LogP contribution is -1.77. The first kappa shape index (κ1) is 35.5. The Labute approximate surface area is 295 Å². The molecule has 49 heavy (non-hydrogen) atoms. The van der Waals surface area contributed by atoms with Crippen molar-refractivity contribution in [2.75, 3.05) is 0 Å². The molecule has 0 fully saturated rings. The molecule has 242 valence electrons. The van der Waals surface area contributed by atoms with E-state index < -0.39 is 0 Å². The lowest BCUT2D eigenvalue weighted by atomic mass is 10.3. The van der Waals surface area contributed by atoms with Gasteiger partial charge in [-0.1, -0.05) is 24.3 Å². The first-order valence-electron chi connectivity index (χ1n) is 15.2. The Morgan fingerprint density at radius 2 is 0.571 bits per heavy atom. The fourth-order valence-corrected chi connectivity index (χ4v) is 4.19. The maximum Gasteiger partial charge on any atom is 0.0659 e. The Morgan fingerprint density at radius 1 is 0.306 bits per heavy atom. The van der Waals surface area contributed by atoms with Crippen LogP contribution in [-0.4, -0.2) is 39.9 Å². The molecule has 2 aliphatic rings. The number of fused-ring (bicyclic) bond motifs is 8. The Kier molecular flexibility index (Phi) is 15.0. The summed E-state index contributed by atoms with van der Waals surface area (Å²) in [5, 5.41) is 0. The SMILES string of the molecule is Br.C1=Cc2cc3ccc(cc4ccc(cc5nc(cc1n2)C=C5)[nH]4)[nH]3.c1ccncc1.c1ccncc1.c1ccncc1.c1ccncc1. The summed E-state index contributed by atoms with van der Waals surface area (Å²) in [7, 11) is 0. The van der Waals surface area contributed by atoms with Gasteiger partial charge in [0.1, 0.15) is 0 Å². The number of halogens is 1. The standard InChI is InChI=1S/C20H14N4.4C5H5N.BrH/c1-2-14-10-16-5-6-18(23-16)12-20-8-7-19(24-20)11-17-4-3-15(22-17)9-13(1)21-14;4*1-2-4-6-5-3-1;/h1-12,21-22H;4*1-5H;1H. The number of nitrogens with one attached hydrogen (secondary N) is 2. The summed E-state index contributed by atoms with van der Waals surface area (Å²) < 4.78 is 0. The molecule has 0 atom stereocenters. The minimum absolute atomic E-state index is 0. The lowest BCUT2D eigenvalue weighted by molar-refractivity contribution is 1.28. The van der Waals surface area contributed by atoms with Crippen LogP contribution in [0.25, 0.3) is 46.4 Å². The highest BCUT2D eigenvalue weighted by Gasteiger charge is 2.02. The summed E-state index contributed by atoms with van der Waals surface area (Å²) in [4.78, 5) is 31.2. The van der Waals surface area contributed by atoms with Crippen LogP contribution in [0.5, 0.6) is 0 Å². The number of aromatic nitrogens is 8. The zero-order chi connectivity index (χ0) is 32.9. The van der Waals surface area contributed by atoms with Gasteiger partial charge in [-0.15, -0.1) is 17.0 Å². The van der Waals surface area contributed by atoms with Crippen LogP contribution in [0.4, 0.5) is 0 Å². The summed E-state index contributed by atoms with van der Waals surface area (Å²) in [6.07, 6.45) is 22.0. The molecular formula is C40H35BrN8. The van der Waals surface area contributed by atoms with Gasteiger partial charge >= 0.3 is 0 Å². The molecule has 0 unspecified atom stereocenters. The number of pyridine rings is 4. The van der Waals surface area contributed by atoms with Crippen LogP contribution in [0.3, 0.4) is 0 Å². The van der Waals surface area contributed by atoms with Crippen molar-refractivity contribution in [2.45, 2.75) is 0 Å². The fraction of sp³-hybridized carbons (Fsp3) is 0. The van der Waals surface area contributed by atoms with Gasteiger partial charge < -0.3 is 9.97 Å². The number of rotatable bonds is 0. The van der Waals surface area contributed by atoms with E-state index in [1.165, 1.54) is 0 Å². The highest BCUT2D eigenvalue weighted by atomic mass is 79.9. The molecule has 0 spiro atoms. The number of nitrogens with zero attached hydrogens (tertiary/aromatic N) is 6. The Hall–Kier alpha value is -6.32. The van der Waals surface area contributed by atoms with Crippen LogP contribution in [0, 0.1) is 0 Å². The summed E-state index contributed by atoms with van der Waals surface area (Å²) in [6, 6.07) is 39.3. The van der Waals surface area contributed by atoms with E-state index in [0.717, 1.165) is 44.8 Å². The average Bonchev–Trinajstić information content (AvgIpc) is 4.00. The first-order chi connectivity index (χ1) is 23.8. The van der Waals surface area contributed by atoms with E-state index in [1.807, 2.05) is 115 Å². The second-order valence-electron chi connectivity index (χ2n) is 10.0. The molecule has 9 rings (SSSR count). The van der Waals surface area contributed by atoms with Crippen molar-refractivity contribution in [3.63, 3.8) is 0 Å². The number of hydrogen-bond donors (Lipinski definition) is 2. The largest absolute Gasteiger partial charge is 0.355 e. The molecule has 0 saturated carbocycles. The van der Waals surface area contributed by atoms with Crippen molar-refractivity contribution in [3.8, 4) is 0 Å². The van der Waals surface area contributed by atoms with E-state index in [-0.39, 0.29) is 17.0 Å². The summed E-state index contributed by atoms with van der Waals surface area (Å²) in [5.74, 6) is 0. The van der Waals surface area contributed by atoms with Crippen LogP contribution in [0.2, 0.25) is 0 Å². The second kappa shape index (κ2) is 20.7. The third-order valence-corrected chi connectivity index (χ3v) is 6.31. The van der Waals surface area contributed by atoms with Gasteiger partial charge in [0.15, 0.2) is 0 Å². The van der Waals surface area contributed by atoms with Crippen LogP contribution < -0.4 is 0 Å². The zero-order valence-corrected chi connectivity index (χ0v) is 28.3. The molecule has 0 radical (unpaired) electrons. The van der Waals surface area contributed by atoms with E-state index in [4.69, 9.17) is 0 Å². The highest BCUT2D eigenvalue weighted by molar-refractivity contribution is 8.93. The second-order valence-corrected chi connectivity index (χ2v) is 10.0. The van der Waals surface area contributed by atoms with Gasteiger partial charge in [-0.05, 0) is 121 Å². The molecule has 0 aromatic carbocycles. The highest BCUT2D eigenvalue weighted by Crippen LogP contribution is 2.17. The van der Waals surface area contributed by atoms with Crippen LogP contribution in [-0.2, 0) is 0 Å². The first-order valence-corrected chi connectivity index (χ1v) is 15.2. The van der Waals surface area contributed by atoms with Crippen LogP contribution >= 0.6 is 17.0 Å². The maximum absolute atomic E-state index is 4.62. The van der Waals surface area contributed by atoms with E-state index in [2.05, 4.69) is 70.2 Å². The normalized spacial score (nSPS) is 10.1. The van der Waals surface area contributed by atoms with Gasteiger partial charge in [0.05, 0.1) is 22.8 Å². The quantitative estimate of drug-likeness (QED) is 0.163. The summed E-state index contributed by atoms with van der Waals surface area (Å²) >= 11 is 0. The summed E-state index contributed by atoms with van der Waals surface area (Å²) in [6.45, 7) is 0. The topological polar surface area (TPSA) is 109 Å². The summed E-state index contributed by atoms with van der Waals surface area (Å²) in [5.41, 5.74) is 7.86. The van der Waals surface area contributed by atoms with Gasteiger partial charge in [0.25, 0.3) is 0 Å². The number of H-pyrrole nitrogens is 2. The smallest absolute Gasteiger partial charge is 0.0659 e. The maximum atomic E-state index is 4.62. The minimum atomic E-state index is 0. The Bertz CT molecular complexity index is 1810. The van der Waals surface area contributed by atoms with E-state index in [0.29, 0.717) is 0 Å². The number of hydrogen-bond acceptors (Lipinski definition) is 6. The molecule has 8 nitrogen and oxygen atoms in total. The fourth-order valence-electron chi connectivity index (χ4n) is 4.19. The lowest BCUT2D eigenvalue weighted by Gasteiger charge is -1.86. The molecule has 7 aromatic rings. The average molecular weight is 708 g/mol. The molecule has 2 aliphatic heterocycles. The molecule has 0 aliphatic carbocycles. The van der Waals surface area contributed by atoms with Gasteiger partial charge in [0, 0.05) is 71.6 Å². The van der Waals surface area contributed by atoms with Gasteiger partial charge in [-0.2, -0.15) is 0 Å². The number of aromatic amines is 2. The third-order valence-electron chi connectivity index (χ3n) is 6.31. The predicted molar refractivity (Wildman–Crippen MR) is 206 cm³/mol. The van der Waals surface area contributed by atoms with Crippen LogP contribution in [0.1, 0.15) is 22.8 Å². The van der Waals surface area contributed by atoms with Crippen LogP contribution in [0.15, 0.2) is 171 Å². The third kappa shape index (κ3) is 13.5. The molecule has 9 heterocycles. The molecule has 9 heteroatoms. The van der Waals surface area contributed by atoms with Crippen molar-refractivity contribution < 1.29 is 0 Å². The van der Waals surface area contributed by atoms with Gasteiger partial charge in [-0.25, -0.2) is 9.97 Å². The van der Waals surface area contributed by atoms with E-state index >= 15 is 0 Å². The van der Waals surface area contributed by atoms with Crippen molar-refractivity contribution in [2.24, 2.45) is 0 Å². The van der Waals surface area contributed by atoms with Crippen molar-refractivity contribution >= 4 is 63.4 Å². The minimum Gasteiger partial charge on any atom is -0.355 e. The monoisotopic (exact) mass is 706 g/mol. The molecule has 0 amide bonds. The Morgan fingerprint density at radius 3 is 0.816 bits per heavy atom. The molecular weight excluding hydrogens is 672 g/mol. The Balaban J connectivity index is 0.000000175. The van der Waals surface area contributed by atoms with Crippen molar-refractivity contribution in [1.82, 2.24) is 39.9 Å². The molecule has 2 N–H and O–H groups in total. The van der Waals surface area contributed by atoms with Gasteiger partial charge in [0.2, 0.25) is 0 Å². The molecule has 0 saturated heterocycles. The van der Waals surface area contributed by atoms with E-state index in [9.17, 15) is 0 Å². The predicted octanol–water partition coefficient (Wildman–Crippen LogP) is 9.56. The zero-order valence-electron chi connectivity index (χ0n) is 26.6. The molecule has 8 bridgehead atoms. The van der Waals surface area contributed by atoms with Crippen molar-refractivity contribution in [3.05, 3.63) is 194 Å². The molecule has 7 aromatic heterocycles. The van der Waals surface area contributed by atoms with Gasteiger partial charge in [-0.3, -0.25) is 19.9 Å².